The smallest absolute Gasteiger partial charge is 0.261 e. The molecule has 0 aliphatic carbocycles. The van der Waals surface area contributed by atoms with Crippen LogP contribution in [0.3, 0.4) is 0 Å². The van der Waals surface area contributed by atoms with Gasteiger partial charge in [-0.3, -0.25) is 14.4 Å². The molecule has 34 heavy (non-hydrogen) atoms. The van der Waals surface area contributed by atoms with Gasteiger partial charge < -0.3 is 15.5 Å². The second-order valence-corrected chi connectivity index (χ2v) is 10.8. The fourth-order valence-corrected chi connectivity index (χ4v) is 4.70. The highest BCUT2D eigenvalue weighted by molar-refractivity contribution is 7.12. The monoisotopic (exact) mass is 497 g/mol. The van der Waals surface area contributed by atoms with E-state index in [0.717, 1.165) is 22.4 Å². The second kappa shape index (κ2) is 11.4. The lowest BCUT2D eigenvalue weighted by Crippen LogP contribution is -2.51. The number of rotatable bonds is 10. The maximum atomic E-state index is 13.6. The summed E-state index contributed by atoms with van der Waals surface area (Å²) in [5.41, 5.74) is 1.37. The van der Waals surface area contributed by atoms with Crippen molar-refractivity contribution in [2.24, 2.45) is 0 Å². The molecular weight excluding hydrogens is 466 g/mol. The van der Waals surface area contributed by atoms with Crippen LogP contribution in [0.25, 0.3) is 0 Å². The van der Waals surface area contributed by atoms with E-state index in [2.05, 4.69) is 10.6 Å². The van der Waals surface area contributed by atoms with E-state index in [1.165, 1.54) is 22.7 Å². The predicted octanol–water partition coefficient (Wildman–Crippen LogP) is 4.92. The molecule has 0 unspecified atom stereocenters. The van der Waals surface area contributed by atoms with E-state index in [1.807, 2.05) is 74.9 Å². The molecule has 2 heterocycles. The van der Waals surface area contributed by atoms with Gasteiger partial charge in [0.1, 0.15) is 6.04 Å². The molecule has 0 spiro atoms. The van der Waals surface area contributed by atoms with Gasteiger partial charge >= 0.3 is 0 Å². The Hall–Kier alpha value is -2.97. The first-order chi connectivity index (χ1) is 16.2. The molecular formula is C26H31N3O3S2. The summed E-state index contributed by atoms with van der Waals surface area (Å²) in [4.78, 5) is 42.6. The average Bonchev–Trinajstić information content (AvgIpc) is 3.52. The highest BCUT2D eigenvalue weighted by atomic mass is 32.1. The van der Waals surface area contributed by atoms with Crippen LogP contribution in [0.2, 0.25) is 0 Å². The quantitative estimate of drug-likeness (QED) is 0.417. The fourth-order valence-electron chi connectivity index (χ4n) is 3.36. The standard InChI is InChI=1S/C26H31N3O3S2/c1-5-26(3,4)28-25(32)23(19-12-10-18(2)11-13-19)29(17-20-8-6-14-33-20)22(30)16-27-24(31)21-9-7-15-34-21/h6-15,23H,5,16-17H2,1-4H3,(H,27,31)(H,28,32)/t23-/m0/s1. The van der Waals surface area contributed by atoms with E-state index in [4.69, 9.17) is 0 Å². The van der Waals surface area contributed by atoms with Crippen molar-refractivity contribution in [2.45, 2.75) is 52.2 Å². The number of carbonyl (C=O) groups is 3. The van der Waals surface area contributed by atoms with Gasteiger partial charge in [0.25, 0.3) is 5.91 Å². The zero-order chi connectivity index (χ0) is 24.7. The minimum atomic E-state index is -0.834. The third kappa shape index (κ3) is 6.77. The third-order valence-corrected chi connectivity index (χ3v) is 7.40. The number of hydrogen-bond donors (Lipinski definition) is 2. The van der Waals surface area contributed by atoms with Gasteiger partial charge in [-0.15, -0.1) is 22.7 Å². The Balaban J connectivity index is 1.93. The summed E-state index contributed by atoms with van der Waals surface area (Å²) < 4.78 is 0. The Bertz CT molecular complexity index is 1090. The Labute approximate surface area is 209 Å². The molecule has 6 nitrogen and oxygen atoms in total. The first-order valence-electron chi connectivity index (χ1n) is 11.2. The number of amides is 3. The number of nitrogens with one attached hydrogen (secondary N) is 2. The maximum absolute atomic E-state index is 13.6. The summed E-state index contributed by atoms with van der Waals surface area (Å²) in [5.74, 6) is -0.874. The molecule has 180 valence electrons. The van der Waals surface area contributed by atoms with Crippen LogP contribution < -0.4 is 10.6 Å². The zero-order valence-electron chi connectivity index (χ0n) is 20.0. The van der Waals surface area contributed by atoms with Crippen molar-refractivity contribution in [2.75, 3.05) is 6.54 Å². The first-order valence-corrected chi connectivity index (χ1v) is 13.0. The van der Waals surface area contributed by atoms with Crippen molar-refractivity contribution < 1.29 is 14.4 Å². The minimum Gasteiger partial charge on any atom is -0.349 e. The van der Waals surface area contributed by atoms with Gasteiger partial charge in [0.05, 0.1) is 18.0 Å². The van der Waals surface area contributed by atoms with Gasteiger partial charge in [-0.25, -0.2) is 0 Å². The number of thiophene rings is 2. The predicted molar refractivity (Wildman–Crippen MR) is 138 cm³/mol. The molecule has 0 fully saturated rings. The van der Waals surface area contributed by atoms with Gasteiger partial charge in [-0.2, -0.15) is 0 Å². The van der Waals surface area contributed by atoms with Crippen LogP contribution in [0.4, 0.5) is 0 Å². The highest BCUT2D eigenvalue weighted by Gasteiger charge is 2.34. The largest absolute Gasteiger partial charge is 0.349 e. The highest BCUT2D eigenvalue weighted by Crippen LogP contribution is 2.27. The SMILES string of the molecule is CCC(C)(C)NC(=O)[C@H](c1ccc(C)cc1)N(Cc1cccs1)C(=O)CNC(=O)c1cccs1. The Morgan fingerprint density at radius 2 is 1.68 bits per heavy atom. The number of hydrogen-bond acceptors (Lipinski definition) is 5. The van der Waals surface area contributed by atoms with E-state index in [1.54, 1.807) is 17.0 Å². The summed E-state index contributed by atoms with van der Waals surface area (Å²) in [7, 11) is 0. The van der Waals surface area contributed by atoms with E-state index in [0.29, 0.717) is 4.88 Å². The van der Waals surface area contributed by atoms with Gasteiger partial charge in [-0.05, 0) is 55.6 Å². The van der Waals surface area contributed by atoms with Gasteiger partial charge in [0.2, 0.25) is 11.8 Å². The molecule has 0 radical (unpaired) electrons. The molecule has 8 heteroatoms. The van der Waals surface area contributed by atoms with Crippen LogP contribution in [0.1, 0.15) is 58.9 Å². The molecule has 2 aromatic heterocycles. The van der Waals surface area contributed by atoms with Crippen LogP contribution in [0.5, 0.6) is 0 Å². The minimum absolute atomic E-state index is 0.199. The van der Waals surface area contributed by atoms with Crippen LogP contribution >= 0.6 is 22.7 Å². The zero-order valence-corrected chi connectivity index (χ0v) is 21.6. The topological polar surface area (TPSA) is 78.5 Å². The summed E-state index contributed by atoms with van der Waals surface area (Å²) in [5, 5.41) is 9.57. The molecule has 0 aliphatic heterocycles. The van der Waals surface area contributed by atoms with Gasteiger partial charge in [0.15, 0.2) is 0 Å². The van der Waals surface area contributed by atoms with Gasteiger partial charge in [-0.1, -0.05) is 48.9 Å². The summed E-state index contributed by atoms with van der Waals surface area (Å²) >= 11 is 2.84. The Morgan fingerprint density at radius 3 is 2.26 bits per heavy atom. The molecule has 1 atom stereocenters. The molecule has 1 aromatic carbocycles. The molecule has 0 saturated carbocycles. The van der Waals surface area contributed by atoms with Crippen LogP contribution in [-0.4, -0.2) is 34.7 Å². The van der Waals surface area contributed by atoms with E-state index in [-0.39, 0.29) is 30.8 Å². The average molecular weight is 498 g/mol. The first kappa shape index (κ1) is 25.6. The number of benzene rings is 1. The van der Waals surface area contributed by atoms with E-state index < -0.39 is 11.6 Å². The lowest BCUT2D eigenvalue weighted by Gasteiger charge is -2.34. The van der Waals surface area contributed by atoms with Crippen molar-refractivity contribution in [3.63, 3.8) is 0 Å². The van der Waals surface area contributed by atoms with Crippen molar-refractivity contribution >= 4 is 40.4 Å². The molecule has 0 aliphatic rings. The van der Waals surface area contributed by atoms with Gasteiger partial charge in [0, 0.05) is 10.4 Å². The summed E-state index contributed by atoms with van der Waals surface area (Å²) in [6.07, 6.45) is 0.745. The summed E-state index contributed by atoms with van der Waals surface area (Å²) in [6.45, 7) is 7.98. The molecule has 3 rings (SSSR count). The Kier molecular flexibility index (Phi) is 8.63. The van der Waals surface area contributed by atoms with Crippen molar-refractivity contribution in [1.29, 1.82) is 0 Å². The fraction of sp³-hybridized carbons (Fsp3) is 0.346. The third-order valence-electron chi connectivity index (χ3n) is 5.67. The normalized spacial score (nSPS) is 12.1. The van der Waals surface area contributed by atoms with Crippen LogP contribution in [-0.2, 0) is 16.1 Å². The lowest BCUT2D eigenvalue weighted by molar-refractivity contribution is -0.141. The number of aryl methyl sites for hydroxylation is 1. The van der Waals surface area contributed by atoms with Crippen molar-refractivity contribution in [3.8, 4) is 0 Å². The number of nitrogens with zero attached hydrogens (tertiary/aromatic N) is 1. The molecule has 0 bridgehead atoms. The molecule has 2 N–H and O–H groups in total. The second-order valence-electron chi connectivity index (χ2n) is 8.80. The lowest BCUT2D eigenvalue weighted by atomic mass is 9.98. The molecule has 0 saturated heterocycles. The van der Waals surface area contributed by atoms with E-state index >= 15 is 0 Å². The van der Waals surface area contributed by atoms with E-state index in [9.17, 15) is 14.4 Å². The van der Waals surface area contributed by atoms with Crippen LogP contribution in [0.15, 0.2) is 59.3 Å². The van der Waals surface area contributed by atoms with Crippen LogP contribution in [0, 0.1) is 6.92 Å². The molecule has 3 amide bonds. The number of carbonyl (C=O) groups excluding carboxylic acids is 3. The summed E-state index contributed by atoms with van der Waals surface area (Å²) in [6, 6.07) is 14.2. The van der Waals surface area contributed by atoms with Crippen molar-refractivity contribution in [3.05, 3.63) is 80.2 Å². The maximum Gasteiger partial charge on any atom is 0.261 e. The Morgan fingerprint density at radius 1 is 1.00 bits per heavy atom. The molecule has 3 aromatic rings. The van der Waals surface area contributed by atoms with Crippen molar-refractivity contribution in [1.82, 2.24) is 15.5 Å².